The Morgan fingerprint density at radius 3 is 2.42 bits per heavy atom. The number of likely N-dealkylation sites (tertiary alicyclic amines) is 1. The summed E-state index contributed by atoms with van der Waals surface area (Å²) in [7, 11) is 0. The van der Waals surface area contributed by atoms with Crippen molar-refractivity contribution < 1.29 is 24.3 Å². The SMILES string of the molecule is CCN1C(=O)C2CC=C3C(c4ccc(O)cc4)C4=C(CC3C2C1=O)C(=O)C=C(C)C4=O. The number of carbonyl (C=O) groups excluding carboxylic acids is 4. The zero-order chi connectivity index (χ0) is 22.0. The van der Waals surface area contributed by atoms with Gasteiger partial charge in [-0.15, -0.1) is 0 Å². The van der Waals surface area contributed by atoms with Gasteiger partial charge in [-0.05, 0) is 56.4 Å². The van der Waals surface area contributed by atoms with Crippen LogP contribution in [0.3, 0.4) is 0 Å². The molecule has 6 heteroatoms. The summed E-state index contributed by atoms with van der Waals surface area (Å²) in [4.78, 5) is 53.4. The number of phenolic OH excluding ortho intramolecular Hbond substituents is 1. The third-order valence-corrected chi connectivity index (χ3v) is 7.20. The normalized spacial score (nSPS) is 30.1. The summed E-state index contributed by atoms with van der Waals surface area (Å²) >= 11 is 0. The first kappa shape index (κ1) is 19.7. The molecule has 0 spiro atoms. The number of Topliss-reactive ketones (excluding diaryl/α,β-unsaturated/α-hetero) is 1. The molecule has 1 fully saturated rings. The predicted molar refractivity (Wildman–Crippen MR) is 112 cm³/mol. The first-order valence-electron chi connectivity index (χ1n) is 10.7. The van der Waals surface area contributed by atoms with E-state index < -0.39 is 17.8 Å². The number of benzene rings is 1. The molecule has 0 saturated carbocycles. The van der Waals surface area contributed by atoms with Crippen LogP contribution in [0.4, 0.5) is 0 Å². The molecule has 0 aromatic heterocycles. The first-order valence-corrected chi connectivity index (χ1v) is 10.7. The molecule has 2 amide bonds. The highest BCUT2D eigenvalue weighted by atomic mass is 16.3. The summed E-state index contributed by atoms with van der Waals surface area (Å²) in [6.45, 7) is 3.77. The van der Waals surface area contributed by atoms with Gasteiger partial charge in [-0.3, -0.25) is 24.1 Å². The molecule has 158 valence electrons. The minimum atomic E-state index is -0.504. The molecule has 4 aliphatic rings. The number of phenols is 1. The molecule has 0 radical (unpaired) electrons. The second kappa shape index (κ2) is 6.87. The fourth-order valence-electron chi connectivity index (χ4n) is 5.78. The fourth-order valence-corrected chi connectivity index (χ4v) is 5.78. The van der Waals surface area contributed by atoms with E-state index >= 15 is 0 Å². The highest BCUT2D eigenvalue weighted by Gasteiger charge is 2.55. The number of ketones is 2. The molecular weight excluding hydrogens is 394 g/mol. The van der Waals surface area contributed by atoms with Gasteiger partial charge in [0.1, 0.15) is 5.75 Å². The van der Waals surface area contributed by atoms with Crippen LogP contribution < -0.4 is 0 Å². The Morgan fingerprint density at radius 1 is 1.03 bits per heavy atom. The van der Waals surface area contributed by atoms with Gasteiger partial charge >= 0.3 is 0 Å². The molecule has 1 heterocycles. The van der Waals surface area contributed by atoms with Crippen LogP contribution in [0.25, 0.3) is 0 Å². The van der Waals surface area contributed by atoms with Crippen LogP contribution in [-0.2, 0) is 19.2 Å². The molecule has 1 aliphatic heterocycles. The molecular formula is C25H23NO5. The first-order chi connectivity index (χ1) is 14.8. The maximum atomic E-state index is 13.2. The van der Waals surface area contributed by atoms with Crippen LogP contribution in [0.15, 0.2) is 58.7 Å². The van der Waals surface area contributed by atoms with E-state index in [1.165, 1.54) is 11.0 Å². The molecule has 4 atom stereocenters. The molecule has 31 heavy (non-hydrogen) atoms. The monoisotopic (exact) mass is 417 g/mol. The second-order valence-electron chi connectivity index (χ2n) is 8.74. The Bertz CT molecular complexity index is 1140. The lowest BCUT2D eigenvalue weighted by Crippen LogP contribution is -2.39. The number of rotatable bonds is 2. The lowest BCUT2D eigenvalue weighted by molar-refractivity contribution is -0.139. The number of amides is 2. The Kier molecular flexibility index (Phi) is 4.36. The summed E-state index contributed by atoms with van der Waals surface area (Å²) in [5.74, 6) is -2.23. The van der Waals surface area contributed by atoms with Gasteiger partial charge < -0.3 is 5.11 Å². The maximum absolute atomic E-state index is 13.2. The van der Waals surface area contributed by atoms with Crippen molar-refractivity contribution in [3.05, 3.63) is 64.3 Å². The molecule has 1 saturated heterocycles. The molecule has 1 N–H and O–H groups in total. The second-order valence-corrected chi connectivity index (χ2v) is 8.74. The smallest absolute Gasteiger partial charge is 0.233 e. The van der Waals surface area contributed by atoms with Crippen LogP contribution >= 0.6 is 0 Å². The van der Waals surface area contributed by atoms with Crippen molar-refractivity contribution in [1.29, 1.82) is 0 Å². The Hall–Kier alpha value is -3.28. The lowest BCUT2D eigenvalue weighted by atomic mass is 9.59. The van der Waals surface area contributed by atoms with Crippen molar-refractivity contribution in [2.45, 2.75) is 32.6 Å². The molecule has 4 unspecified atom stereocenters. The summed E-state index contributed by atoms with van der Waals surface area (Å²) in [5.41, 5.74) is 3.05. The van der Waals surface area contributed by atoms with E-state index in [4.69, 9.17) is 0 Å². The largest absolute Gasteiger partial charge is 0.508 e. The number of hydrogen-bond acceptors (Lipinski definition) is 5. The summed E-state index contributed by atoms with van der Waals surface area (Å²) in [6, 6.07) is 6.63. The summed E-state index contributed by atoms with van der Waals surface area (Å²) in [5, 5.41) is 9.75. The van der Waals surface area contributed by atoms with Crippen molar-refractivity contribution in [2.75, 3.05) is 6.54 Å². The van der Waals surface area contributed by atoms with Gasteiger partial charge in [0.25, 0.3) is 0 Å². The zero-order valence-electron chi connectivity index (χ0n) is 17.4. The maximum Gasteiger partial charge on any atom is 0.233 e. The Morgan fingerprint density at radius 2 is 1.74 bits per heavy atom. The topological polar surface area (TPSA) is 91.8 Å². The zero-order valence-corrected chi connectivity index (χ0v) is 17.4. The third kappa shape index (κ3) is 2.70. The minimum Gasteiger partial charge on any atom is -0.508 e. The third-order valence-electron chi connectivity index (χ3n) is 7.20. The van der Waals surface area contributed by atoms with Crippen molar-refractivity contribution in [3.63, 3.8) is 0 Å². The van der Waals surface area contributed by atoms with Gasteiger partial charge in [-0.25, -0.2) is 0 Å². The fraction of sp³-hybridized carbons (Fsp3) is 0.360. The van der Waals surface area contributed by atoms with E-state index in [1.54, 1.807) is 38.1 Å². The summed E-state index contributed by atoms with van der Waals surface area (Å²) < 4.78 is 0. The number of fused-ring (bicyclic) bond motifs is 3. The van der Waals surface area contributed by atoms with E-state index in [0.29, 0.717) is 36.1 Å². The summed E-state index contributed by atoms with van der Waals surface area (Å²) in [6.07, 6.45) is 4.13. The van der Waals surface area contributed by atoms with Crippen molar-refractivity contribution >= 4 is 23.4 Å². The number of hydrogen-bond donors (Lipinski definition) is 1. The standard InChI is InChI=1S/C25H23NO5/c1-3-26-24(30)16-9-8-15-17(21(16)25(26)31)11-18-19(28)10-12(2)23(29)22(18)20(15)13-4-6-14(27)7-5-13/h4-8,10,16-17,20-21,27H,3,9,11H2,1-2H3. The van der Waals surface area contributed by atoms with Gasteiger partial charge in [0.15, 0.2) is 11.6 Å². The van der Waals surface area contributed by atoms with E-state index in [2.05, 4.69) is 0 Å². The number of aromatic hydroxyl groups is 1. The molecule has 1 aromatic rings. The van der Waals surface area contributed by atoms with Gasteiger partial charge in [-0.1, -0.05) is 23.8 Å². The van der Waals surface area contributed by atoms with Gasteiger partial charge in [0, 0.05) is 29.2 Å². The highest BCUT2D eigenvalue weighted by Crippen LogP contribution is 2.55. The van der Waals surface area contributed by atoms with Crippen LogP contribution in [0.2, 0.25) is 0 Å². The average molecular weight is 417 g/mol. The highest BCUT2D eigenvalue weighted by molar-refractivity contribution is 6.23. The lowest BCUT2D eigenvalue weighted by Gasteiger charge is -2.42. The van der Waals surface area contributed by atoms with Gasteiger partial charge in [0.05, 0.1) is 11.8 Å². The quantitative estimate of drug-likeness (QED) is 0.454. The van der Waals surface area contributed by atoms with Crippen molar-refractivity contribution in [3.8, 4) is 5.75 Å². The van der Waals surface area contributed by atoms with E-state index in [9.17, 15) is 24.3 Å². The Balaban J connectivity index is 1.69. The van der Waals surface area contributed by atoms with Crippen LogP contribution in [0.5, 0.6) is 5.75 Å². The van der Waals surface area contributed by atoms with Crippen LogP contribution in [0, 0.1) is 17.8 Å². The molecule has 3 aliphatic carbocycles. The van der Waals surface area contributed by atoms with Gasteiger partial charge in [0.2, 0.25) is 11.8 Å². The number of allylic oxidation sites excluding steroid dienone is 6. The van der Waals surface area contributed by atoms with E-state index in [1.807, 2.05) is 6.08 Å². The molecule has 6 nitrogen and oxygen atoms in total. The molecule has 1 aromatic carbocycles. The minimum absolute atomic E-state index is 0.111. The van der Waals surface area contributed by atoms with E-state index in [0.717, 1.165) is 11.1 Å². The average Bonchev–Trinajstić information content (AvgIpc) is 3.01. The molecule has 0 bridgehead atoms. The van der Waals surface area contributed by atoms with Crippen LogP contribution in [-0.4, -0.2) is 39.9 Å². The van der Waals surface area contributed by atoms with Crippen molar-refractivity contribution in [2.24, 2.45) is 17.8 Å². The van der Waals surface area contributed by atoms with E-state index in [-0.39, 0.29) is 35.0 Å². The van der Waals surface area contributed by atoms with Gasteiger partial charge in [-0.2, -0.15) is 0 Å². The number of imide groups is 1. The predicted octanol–water partition coefficient (Wildman–Crippen LogP) is 2.84. The Labute approximate surface area is 179 Å². The number of carbonyl (C=O) groups is 4. The van der Waals surface area contributed by atoms with Crippen LogP contribution in [0.1, 0.15) is 38.2 Å². The van der Waals surface area contributed by atoms with Crippen molar-refractivity contribution in [1.82, 2.24) is 4.90 Å². The molecule has 5 rings (SSSR count). The number of nitrogens with zero attached hydrogens (tertiary/aromatic N) is 1.